The average molecular weight is 283 g/mol. The number of pyridine rings is 1. The first-order valence-electron chi connectivity index (χ1n) is 6.87. The molecule has 0 amide bonds. The average Bonchev–Trinajstić information content (AvgIpc) is 2.40. The molecule has 0 saturated carbocycles. The van der Waals surface area contributed by atoms with Crippen LogP contribution in [0.2, 0.25) is 0 Å². The number of hydrogen-bond acceptors (Lipinski definition) is 3. The monoisotopic (exact) mass is 283 g/mol. The smallest absolute Gasteiger partial charge is 0.219 e. The van der Waals surface area contributed by atoms with E-state index in [4.69, 9.17) is 15.9 Å². The second-order valence-corrected chi connectivity index (χ2v) is 6.15. The molecule has 3 N–H and O–H groups in total. The van der Waals surface area contributed by atoms with Gasteiger partial charge in [0.25, 0.3) is 0 Å². The maximum absolute atomic E-state index is 7.48. The van der Waals surface area contributed by atoms with E-state index in [0.717, 1.165) is 11.3 Å². The van der Waals surface area contributed by atoms with Crippen LogP contribution < -0.4 is 10.5 Å². The van der Waals surface area contributed by atoms with Crippen LogP contribution in [0.3, 0.4) is 0 Å². The Morgan fingerprint density at radius 1 is 1.19 bits per heavy atom. The third-order valence-electron chi connectivity index (χ3n) is 3.20. The molecule has 2 aromatic rings. The van der Waals surface area contributed by atoms with Gasteiger partial charge in [0.1, 0.15) is 11.6 Å². The van der Waals surface area contributed by atoms with Gasteiger partial charge in [-0.1, -0.05) is 38.5 Å². The van der Waals surface area contributed by atoms with E-state index in [2.05, 4.69) is 38.7 Å². The van der Waals surface area contributed by atoms with Crippen LogP contribution in [-0.2, 0) is 5.41 Å². The topological polar surface area (TPSA) is 72.0 Å². The van der Waals surface area contributed by atoms with E-state index in [1.165, 1.54) is 5.56 Å². The van der Waals surface area contributed by atoms with Crippen molar-refractivity contribution < 1.29 is 4.74 Å². The number of nitrogens with two attached hydrogens (primary N) is 1. The third-order valence-corrected chi connectivity index (χ3v) is 3.20. The molecule has 0 atom stereocenters. The van der Waals surface area contributed by atoms with Gasteiger partial charge in [0.15, 0.2) is 0 Å². The first kappa shape index (κ1) is 15.0. The van der Waals surface area contributed by atoms with Crippen LogP contribution in [0, 0.1) is 12.3 Å². The number of ether oxygens (including phenoxy) is 1. The zero-order valence-corrected chi connectivity index (χ0v) is 12.9. The predicted molar refractivity (Wildman–Crippen MR) is 85.2 cm³/mol. The lowest BCUT2D eigenvalue weighted by Gasteiger charge is -2.23. The van der Waals surface area contributed by atoms with Gasteiger partial charge in [0, 0.05) is 23.4 Å². The summed E-state index contributed by atoms with van der Waals surface area (Å²) in [4.78, 5) is 4.19. The van der Waals surface area contributed by atoms with Crippen molar-refractivity contribution in [1.29, 1.82) is 5.41 Å². The van der Waals surface area contributed by atoms with E-state index < -0.39 is 0 Å². The highest BCUT2D eigenvalue weighted by atomic mass is 16.5. The molecule has 0 bridgehead atoms. The number of nitrogens with one attached hydrogen (secondary N) is 1. The fourth-order valence-electron chi connectivity index (χ4n) is 2.06. The first-order chi connectivity index (χ1) is 9.77. The predicted octanol–water partition coefficient (Wildman–Crippen LogP) is 3.76. The Labute approximate surface area is 125 Å². The molecule has 0 aliphatic heterocycles. The number of aryl methyl sites for hydroxylation is 1. The molecule has 2 rings (SSSR count). The number of nitrogens with zero attached hydrogens (tertiary/aromatic N) is 1. The number of rotatable bonds is 3. The largest absolute Gasteiger partial charge is 0.439 e. The molecule has 0 saturated heterocycles. The Bertz CT molecular complexity index is 672. The van der Waals surface area contributed by atoms with E-state index in [1.807, 2.05) is 12.1 Å². The summed E-state index contributed by atoms with van der Waals surface area (Å²) < 4.78 is 5.92. The number of amidine groups is 1. The summed E-state index contributed by atoms with van der Waals surface area (Å²) >= 11 is 0. The van der Waals surface area contributed by atoms with Crippen molar-refractivity contribution in [2.45, 2.75) is 33.1 Å². The van der Waals surface area contributed by atoms with Gasteiger partial charge in [-0.05, 0) is 24.5 Å². The Morgan fingerprint density at radius 2 is 1.90 bits per heavy atom. The quantitative estimate of drug-likeness (QED) is 0.665. The number of benzene rings is 1. The van der Waals surface area contributed by atoms with E-state index in [9.17, 15) is 0 Å². The second-order valence-electron chi connectivity index (χ2n) is 6.15. The maximum Gasteiger partial charge on any atom is 0.219 e. The molecule has 0 fully saturated rings. The van der Waals surface area contributed by atoms with Crippen molar-refractivity contribution in [2.24, 2.45) is 5.73 Å². The van der Waals surface area contributed by atoms with Gasteiger partial charge < -0.3 is 10.5 Å². The molecule has 21 heavy (non-hydrogen) atoms. The highest BCUT2D eigenvalue weighted by molar-refractivity contribution is 5.95. The lowest BCUT2D eigenvalue weighted by Crippen LogP contribution is -2.13. The van der Waals surface area contributed by atoms with Gasteiger partial charge in [0.05, 0.1) is 0 Å². The molecule has 0 aliphatic rings. The number of aromatic nitrogens is 1. The van der Waals surface area contributed by atoms with Crippen molar-refractivity contribution in [3.8, 4) is 11.6 Å². The highest BCUT2D eigenvalue weighted by Gasteiger charge is 2.20. The first-order valence-corrected chi connectivity index (χ1v) is 6.87. The van der Waals surface area contributed by atoms with Gasteiger partial charge in [-0.2, -0.15) is 0 Å². The van der Waals surface area contributed by atoms with Crippen molar-refractivity contribution in [3.05, 3.63) is 53.2 Å². The van der Waals surface area contributed by atoms with Crippen molar-refractivity contribution in [2.75, 3.05) is 0 Å². The zero-order chi connectivity index (χ0) is 15.6. The Hall–Kier alpha value is -2.36. The van der Waals surface area contributed by atoms with Gasteiger partial charge in [-0.3, -0.25) is 5.41 Å². The maximum atomic E-state index is 7.48. The Morgan fingerprint density at radius 3 is 2.52 bits per heavy atom. The van der Waals surface area contributed by atoms with Gasteiger partial charge in [-0.15, -0.1) is 0 Å². The van der Waals surface area contributed by atoms with Gasteiger partial charge >= 0.3 is 0 Å². The van der Waals surface area contributed by atoms with Crippen LogP contribution in [-0.4, -0.2) is 10.8 Å². The molecule has 1 aromatic heterocycles. The summed E-state index contributed by atoms with van der Waals surface area (Å²) in [5.74, 6) is 1.22. The minimum Gasteiger partial charge on any atom is -0.439 e. The fourth-order valence-corrected chi connectivity index (χ4v) is 2.06. The molecule has 4 nitrogen and oxygen atoms in total. The molecule has 0 unspecified atom stereocenters. The van der Waals surface area contributed by atoms with Crippen LogP contribution in [0.4, 0.5) is 0 Å². The Kier molecular flexibility index (Phi) is 3.98. The lowest BCUT2D eigenvalue weighted by molar-refractivity contribution is 0.439. The van der Waals surface area contributed by atoms with Crippen LogP contribution >= 0.6 is 0 Å². The summed E-state index contributed by atoms with van der Waals surface area (Å²) in [5.41, 5.74) is 8.38. The molecule has 4 heteroatoms. The minimum atomic E-state index is -0.0282. The summed E-state index contributed by atoms with van der Waals surface area (Å²) in [5, 5.41) is 7.48. The summed E-state index contributed by atoms with van der Waals surface area (Å²) in [7, 11) is 0. The highest BCUT2D eigenvalue weighted by Crippen LogP contribution is 2.34. The fraction of sp³-hybridized carbons (Fsp3) is 0.294. The van der Waals surface area contributed by atoms with Crippen LogP contribution in [0.1, 0.15) is 37.5 Å². The SMILES string of the molecule is Cc1ccc(Oc2cc(C(=N)N)ccn2)c(C(C)(C)C)c1. The number of hydrogen-bond donors (Lipinski definition) is 2. The molecular formula is C17H21N3O. The lowest BCUT2D eigenvalue weighted by atomic mass is 9.85. The van der Waals surface area contributed by atoms with Crippen molar-refractivity contribution in [3.63, 3.8) is 0 Å². The summed E-state index contributed by atoms with van der Waals surface area (Å²) in [6.45, 7) is 8.50. The standard InChI is InChI=1S/C17H21N3O/c1-11-5-6-14(13(9-11)17(2,3)4)21-15-10-12(16(18)19)7-8-20-15/h5-10H,1-4H3,(H3,18,19). The van der Waals surface area contributed by atoms with E-state index in [-0.39, 0.29) is 11.3 Å². The molecular weight excluding hydrogens is 262 g/mol. The Balaban J connectivity index is 2.40. The number of nitrogen functional groups attached to an aromatic ring is 1. The van der Waals surface area contributed by atoms with Crippen molar-refractivity contribution in [1.82, 2.24) is 4.98 Å². The molecule has 0 radical (unpaired) electrons. The van der Waals surface area contributed by atoms with E-state index in [1.54, 1.807) is 18.3 Å². The van der Waals surface area contributed by atoms with Crippen LogP contribution in [0.15, 0.2) is 36.5 Å². The minimum absolute atomic E-state index is 0.00204. The summed E-state index contributed by atoms with van der Waals surface area (Å²) in [6, 6.07) is 9.46. The van der Waals surface area contributed by atoms with Crippen LogP contribution in [0.5, 0.6) is 11.6 Å². The van der Waals surface area contributed by atoms with Crippen LogP contribution in [0.25, 0.3) is 0 Å². The van der Waals surface area contributed by atoms with Crippen molar-refractivity contribution >= 4 is 5.84 Å². The molecule has 0 spiro atoms. The molecule has 1 heterocycles. The summed E-state index contributed by atoms with van der Waals surface area (Å²) in [6.07, 6.45) is 1.59. The van der Waals surface area contributed by atoms with Gasteiger partial charge in [0.2, 0.25) is 5.88 Å². The van der Waals surface area contributed by atoms with Gasteiger partial charge in [-0.25, -0.2) is 4.98 Å². The second kappa shape index (κ2) is 5.56. The van der Waals surface area contributed by atoms with E-state index in [0.29, 0.717) is 11.4 Å². The zero-order valence-electron chi connectivity index (χ0n) is 12.9. The molecule has 1 aromatic carbocycles. The third kappa shape index (κ3) is 3.60. The normalized spacial score (nSPS) is 11.2. The molecule has 0 aliphatic carbocycles. The molecule has 110 valence electrons. The van der Waals surface area contributed by atoms with E-state index >= 15 is 0 Å².